The van der Waals surface area contributed by atoms with Crippen LogP contribution >= 0.6 is 23.3 Å². The van der Waals surface area contributed by atoms with Crippen LogP contribution in [0.25, 0.3) is 0 Å². The molecule has 0 aliphatic carbocycles. The normalized spacial score (nSPS) is 10.0. The molecule has 0 atom stereocenters. The molecule has 3 nitrogen and oxygen atoms in total. The van der Waals surface area contributed by atoms with Crippen molar-refractivity contribution in [1.29, 1.82) is 0 Å². The molecule has 0 bridgehead atoms. The summed E-state index contributed by atoms with van der Waals surface area (Å²) < 4.78 is 1.77. The molecule has 5 heteroatoms. The zero-order valence-electron chi connectivity index (χ0n) is 6.40. The van der Waals surface area contributed by atoms with Gasteiger partial charge in [-0.2, -0.15) is 0 Å². The van der Waals surface area contributed by atoms with E-state index >= 15 is 0 Å². The maximum atomic E-state index is 10.6. The average molecular weight is 189 g/mol. The molecule has 11 heavy (non-hydrogen) atoms. The summed E-state index contributed by atoms with van der Waals surface area (Å²) in [5.41, 5.74) is 0.970. The van der Waals surface area contributed by atoms with Gasteiger partial charge in [-0.1, -0.05) is 11.8 Å². The van der Waals surface area contributed by atoms with E-state index in [0.717, 1.165) is 5.69 Å². The fraction of sp³-hybridized carbons (Fsp3) is 0.500. The molecule has 0 N–H and O–H groups in total. The van der Waals surface area contributed by atoms with Crippen molar-refractivity contribution < 1.29 is 8.87 Å². The monoisotopic (exact) mass is 189 g/mol. The molecule has 0 saturated carbocycles. The van der Waals surface area contributed by atoms with Gasteiger partial charge in [-0.15, -0.1) is 0 Å². The van der Waals surface area contributed by atoms with Gasteiger partial charge in [-0.25, -0.2) is 0 Å². The lowest BCUT2D eigenvalue weighted by Gasteiger charge is -1.86. The number of carbonyl (C=O) groups excluding carboxylic acids is 1. The number of aromatic nitrogens is 2. The SMILES string of the molecule is CC(=O)SCc1cs[n+](C)n1. The Morgan fingerprint density at radius 2 is 2.64 bits per heavy atom. The van der Waals surface area contributed by atoms with E-state index in [4.69, 9.17) is 0 Å². The molecule has 1 heterocycles. The highest BCUT2D eigenvalue weighted by atomic mass is 32.2. The van der Waals surface area contributed by atoms with E-state index in [1.54, 1.807) is 11.0 Å². The second-order valence-electron chi connectivity index (χ2n) is 2.06. The van der Waals surface area contributed by atoms with Crippen LogP contribution in [0.2, 0.25) is 0 Å². The van der Waals surface area contributed by atoms with Crippen LogP contribution in [0.15, 0.2) is 5.38 Å². The molecule has 1 aromatic rings. The highest BCUT2D eigenvalue weighted by Gasteiger charge is 2.05. The summed E-state index contributed by atoms with van der Waals surface area (Å²) in [5.74, 6) is 0.687. The summed E-state index contributed by atoms with van der Waals surface area (Å²) >= 11 is 2.83. The molecule has 0 aliphatic heterocycles. The van der Waals surface area contributed by atoms with Crippen LogP contribution in [-0.4, -0.2) is 10.2 Å². The fourth-order valence-electron chi connectivity index (χ4n) is 0.604. The largest absolute Gasteiger partial charge is 0.288 e. The first-order chi connectivity index (χ1) is 5.18. The first kappa shape index (κ1) is 8.67. The lowest BCUT2D eigenvalue weighted by molar-refractivity contribution is -0.663. The van der Waals surface area contributed by atoms with Crippen molar-refractivity contribution >= 4 is 28.4 Å². The molecular formula is C6H9N2OS2+. The van der Waals surface area contributed by atoms with Gasteiger partial charge >= 0.3 is 0 Å². The third kappa shape index (κ3) is 2.98. The van der Waals surface area contributed by atoms with Crippen LogP contribution in [0.1, 0.15) is 12.6 Å². The lowest BCUT2D eigenvalue weighted by Crippen LogP contribution is -2.25. The number of hydrogen-bond donors (Lipinski definition) is 0. The number of rotatable bonds is 2. The van der Waals surface area contributed by atoms with Gasteiger partial charge in [0.25, 0.3) is 0 Å². The Hall–Kier alpha value is -0.420. The van der Waals surface area contributed by atoms with Gasteiger partial charge in [0.2, 0.25) is 0 Å². The van der Waals surface area contributed by atoms with Crippen molar-refractivity contribution in [2.24, 2.45) is 7.05 Å². The molecule has 60 valence electrons. The molecule has 0 fully saturated rings. The van der Waals surface area contributed by atoms with Crippen molar-refractivity contribution in [2.75, 3.05) is 0 Å². The van der Waals surface area contributed by atoms with Crippen molar-refractivity contribution in [3.63, 3.8) is 0 Å². The predicted octanol–water partition coefficient (Wildman–Crippen LogP) is 0.747. The smallest absolute Gasteiger partial charge is 0.186 e. The van der Waals surface area contributed by atoms with Crippen LogP contribution in [0, 0.1) is 0 Å². The predicted molar refractivity (Wildman–Crippen MR) is 45.3 cm³/mol. The Morgan fingerprint density at radius 3 is 3.09 bits per heavy atom. The Balaban J connectivity index is 2.45. The van der Waals surface area contributed by atoms with E-state index in [2.05, 4.69) is 5.10 Å². The highest BCUT2D eigenvalue weighted by molar-refractivity contribution is 8.12. The standard InChI is InChI=1S/C6H9N2OS2/c1-5(9)10-3-6-4-11-8(2)7-6/h4H,3H2,1-2H3/q+1. The van der Waals surface area contributed by atoms with Gasteiger partial charge in [0.15, 0.2) is 23.7 Å². The van der Waals surface area contributed by atoms with E-state index in [1.165, 1.54) is 23.3 Å². The van der Waals surface area contributed by atoms with Gasteiger partial charge in [-0.3, -0.25) is 4.79 Å². The number of aryl methyl sites for hydroxylation is 1. The quantitative estimate of drug-likeness (QED) is 0.644. The lowest BCUT2D eigenvalue weighted by atomic mass is 10.6. The number of hydrogen-bond acceptors (Lipinski definition) is 4. The minimum absolute atomic E-state index is 0.139. The first-order valence-corrected chi connectivity index (χ1v) is 4.95. The molecule has 1 aromatic heterocycles. The summed E-state index contributed by atoms with van der Waals surface area (Å²) in [7, 11) is 1.88. The summed E-state index contributed by atoms with van der Waals surface area (Å²) in [6.07, 6.45) is 0. The average Bonchev–Trinajstić information content (AvgIpc) is 2.31. The number of thioether (sulfide) groups is 1. The molecule has 0 aliphatic rings. The van der Waals surface area contributed by atoms with Crippen LogP contribution in [0.4, 0.5) is 0 Å². The van der Waals surface area contributed by atoms with Gasteiger partial charge in [0, 0.05) is 12.0 Å². The highest BCUT2D eigenvalue weighted by Crippen LogP contribution is 2.09. The molecular weight excluding hydrogens is 180 g/mol. The number of carbonyl (C=O) groups is 1. The van der Waals surface area contributed by atoms with Gasteiger partial charge in [0.05, 0.1) is 11.1 Å². The second-order valence-corrected chi connectivity index (χ2v) is 4.19. The minimum Gasteiger partial charge on any atom is -0.288 e. The summed E-state index contributed by atoms with van der Waals surface area (Å²) in [6.45, 7) is 1.57. The molecule has 0 spiro atoms. The molecule has 0 unspecified atom stereocenters. The summed E-state index contributed by atoms with van der Waals surface area (Å²) in [4.78, 5) is 10.6. The molecule has 0 aromatic carbocycles. The fourth-order valence-corrected chi connectivity index (χ4v) is 1.76. The van der Waals surface area contributed by atoms with Crippen molar-refractivity contribution in [2.45, 2.75) is 12.7 Å². The molecule has 0 amide bonds. The van der Waals surface area contributed by atoms with Gasteiger partial charge in [-0.05, 0) is 4.07 Å². The van der Waals surface area contributed by atoms with Crippen LogP contribution in [0.5, 0.6) is 0 Å². The van der Waals surface area contributed by atoms with Crippen molar-refractivity contribution in [3.8, 4) is 0 Å². The number of nitrogens with zero attached hydrogens (tertiary/aromatic N) is 2. The zero-order chi connectivity index (χ0) is 8.27. The molecule has 0 radical (unpaired) electrons. The Morgan fingerprint density at radius 1 is 1.91 bits per heavy atom. The van der Waals surface area contributed by atoms with Gasteiger partial charge < -0.3 is 0 Å². The molecule has 1 rings (SSSR count). The van der Waals surface area contributed by atoms with Crippen molar-refractivity contribution in [3.05, 3.63) is 11.1 Å². The summed E-state index contributed by atoms with van der Waals surface area (Å²) in [5, 5.41) is 6.24. The Bertz CT molecular complexity index is 259. The van der Waals surface area contributed by atoms with Crippen LogP contribution in [0.3, 0.4) is 0 Å². The third-order valence-electron chi connectivity index (χ3n) is 1.03. The Kier molecular flexibility index (Phi) is 3.02. The van der Waals surface area contributed by atoms with E-state index in [1.807, 2.05) is 12.4 Å². The van der Waals surface area contributed by atoms with Crippen LogP contribution in [-0.2, 0) is 17.6 Å². The van der Waals surface area contributed by atoms with E-state index in [9.17, 15) is 4.79 Å². The zero-order valence-corrected chi connectivity index (χ0v) is 8.04. The van der Waals surface area contributed by atoms with Crippen LogP contribution < -0.4 is 4.07 Å². The maximum Gasteiger partial charge on any atom is 0.186 e. The van der Waals surface area contributed by atoms with E-state index < -0.39 is 0 Å². The van der Waals surface area contributed by atoms with E-state index in [-0.39, 0.29) is 5.12 Å². The Labute approximate surface area is 73.6 Å². The molecule has 0 saturated heterocycles. The van der Waals surface area contributed by atoms with E-state index in [0.29, 0.717) is 5.75 Å². The topological polar surface area (TPSA) is 33.8 Å². The second kappa shape index (κ2) is 3.82. The van der Waals surface area contributed by atoms with Crippen molar-refractivity contribution in [1.82, 2.24) is 5.10 Å². The third-order valence-corrected chi connectivity index (χ3v) is 2.64. The minimum atomic E-state index is 0.139. The maximum absolute atomic E-state index is 10.6. The van der Waals surface area contributed by atoms with Gasteiger partial charge in [0.1, 0.15) is 5.69 Å². The first-order valence-electron chi connectivity index (χ1n) is 3.13. The summed E-state index contributed by atoms with van der Waals surface area (Å²) in [6, 6.07) is 0.